The molecule has 3 rings (SSSR count). The van der Waals surface area contributed by atoms with Crippen LogP contribution in [-0.2, 0) is 4.74 Å². The molecule has 1 aliphatic rings. The molecule has 96 valence electrons. The van der Waals surface area contributed by atoms with Crippen molar-refractivity contribution in [3.63, 3.8) is 0 Å². The molecule has 3 heterocycles. The molecule has 1 fully saturated rings. The van der Waals surface area contributed by atoms with Crippen LogP contribution in [0.1, 0.15) is 12.8 Å². The van der Waals surface area contributed by atoms with Crippen LogP contribution in [0.3, 0.4) is 0 Å². The first-order chi connectivity index (χ1) is 8.86. The SMILES string of the molecule is NNc1nc(NCC2CCCO2)c2ccsc2n1. The van der Waals surface area contributed by atoms with Crippen molar-refractivity contribution >= 4 is 33.3 Å². The van der Waals surface area contributed by atoms with E-state index >= 15 is 0 Å². The van der Waals surface area contributed by atoms with Gasteiger partial charge in [0.2, 0.25) is 5.95 Å². The molecule has 0 amide bonds. The lowest BCUT2D eigenvalue weighted by Gasteiger charge is -2.12. The molecule has 18 heavy (non-hydrogen) atoms. The quantitative estimate of drug-likeness (QED) is 0.575. The van der Waals surface area contributed by atoms with Crippen molar-refractivity contribution < 1.29 is 4.74 Å². The highest BCUT2D eigenvalue weighted by atomic mass is 32.1. The van der Waals surface area contributed by atoms with Crippen molar-refractivity contribution in [2.75, 3.05) is 23.9 Å². The van der Waals surface area contributed by atoms with Gasteiger partial charge in [-0.3, -0.25) is 5.43 Å². The summed E-state index contributed by atoms with van der Waals surface area (Å²) >= 11 is 1.57. The highest BCUT2D eigenvalue weighted by Crippen LogP contribution is 2.26. The second-order valence-electron chi connectivity index (χ2n) is 4.20. The maximum Gasteiger partial charge on any atom is 0.240 e. The van der Waals surface area contributed by atoms with Crippen molar-refractivity contribution in [2.45, 2.75) is 18.9 Å². The molecule has 0 saturated carbocycles. The molecule has 0 radical (unpaired) electrons. The minimum absolute atomic E-state index is 0.280. The Morgan fingerprint density at radius 3 is 3.22 bits per heavy atom. The summed E-state index contributed by atoms with van der Waals surface area (Å²) in [5.74, 6) is 6.61. The summed E-state index contributed by atoms with van der Waals surface area (Å²) in [6, 6.07) is 2.01. The van der Waals surface area contributed by atoms with Gasteiger partial charge in [0.15, 0.2) is 0 Å². The minimum atomic E-state index is 0.280. The molecule has 2 aromatic rings. The fraction of sp³-hybridized carbons (Fsp3) is 0.455. The number of hydrogen-bond acceptors (Lipinski definition) is 7. The molecule has 4 N–H and O–H groups in total. The van der Waals surface area contributed by atoms with Crippen molar-refractivity contribution in [2.24, 2.45) is 5.84 Å². The lowest BCUT2D eigenvalue weighted by atomic mass is 10.2. The van der Waals surface area contributed by atoms with Crippen LogP contribution in [-0.4, -0.2) is 29.2 Å². The Labute approximate surface area is 109 Å². The Balaban J connectivity index is 1.82. The number of fused-ring (bicyclic) bond motifs is 1. The number of thiophene rings is 1. The van der Waals surface area contributed by atoms with Crippen molar-refractivity contribution in [3.05, 3.63) is 11.4 Å². The summed E-state index contributed by atoms with van der Waals surface area (Å²) in [5, 5.41) is 6.35. The largest absolute Gasteiger partial charge is 0.376 e. The van der Waals surface area contributed by atoms with Gasteiger partial charge in [0.25, 0.3) is 0 Å². The van der Waals surface area contributed by atoms with Gasteiger partial charge < -0.3 is 10.1 Å². The van der Waals surface area contributed by atoms with Crippen LogP contribution in [0.15, 0.2) is 11.4 Å². The van der Waals surface area contributed by atoms with Gasteiger partial charge in [0.05, 0.1) is 11.5 Å². The Hall–Kier alpha value is -1.44. The molecule has 1 aliphatic heterocycles. The lowest BCUT2D eigenvalue weighted by molar-refractivity contribution is 0.120. The van der Waals surface area contributed by atoms with Gasteiger partial charge >= 0.3 is 0 Å². The highest BCUT2D eigenvalue weighted by molar-refractivity contribution is 7.16. The van der Waals surface area contributed by atoms with Crippen molar-refractivity contribution in [1.29, 1.82) is 0 Å². The Morgan fingerprint density at radius 2 is 2.44 bits per heavy atom. The van der Waals surface area contributed by atoms with E-state index in [1.165, 1.54) is 0 Å². The van der Waals surface area contributed by atoms with E-state index in [2.05, 4.69) is 20.7 Å². The summed E-state index contributed by atoms with van der Waals surface area (Å²) in [7, 11) is 0. The van der Waals surface area contributed by atoms with E-state index in [0.717, 1.165) is 42.0 Å². The highest BCUT2D eigenvalue weighted by Gasteiger charge is 2.16. The normalized spacial score (nSPS) is 19.3. The van der Waals surface area contributed by atoms with Crippen molar-refractivity contribution in [3.8, 4) is 0 Å². The van der Waals surface area contributed by atoms with Crippen LogP contribution in [0, 0.1) is 0 Å². The van der Waals surface area contributed by atoms with Gasteiger partial charge in [-0.05, 0) is 24.3 Å². The topological polar surface area (TPSA) is 85.1 Å². The van der Waals surface area contributed by atoms with E-state index in [0.29, 0.717) is 5.95 Å². The summed E-state index contributed by atoms with van der Waals surface area (Å²) in [5.41, 5.74) is 2.49. The maximum absolute atomic E-state index is 5.58. The minimum Gasteiger partial charge on any atom is -0.376 e. The van der Waals surface area contributed by atoms with Crippen LogP contribution in [0.4, 0.5) is 11.8 Å². The van der Waals surface area contributed by atoms with E-state index in [1.54, 1.807) is 11.3 Å². The standard InChI is InChI=1S/C11H15N5OS/c12-16-11-14-9(8-3-5-18-10(8)15-11)13-6-7-2-1-4-17-7/h3,5,7H,1-2,4,6,12H2,(H2,13,14,15,16). The molecule has 1 unspecified atom stereocenters. The van der Waals surface area contributed by atoms with Gasteiger partial charge in [-0.25, -0.2) is 10.8 Å². The van der Waals surface area contributed by atoms with Gasteiger partial charge in [0.1, 0.15) is 10.6 Å². The number of ether oxygens (including phenoxy) is 1. The number of nitrogens with two attached hydrogens (primary N) is 1. The maximum atomic E-state index is 5.58. The number of nitrogens with one attached hydrogen (secondary N) is 2. The number of hydrogen-bond donors (Lipinski definition) is 3. The molecule has 0 aromatic carbocycles. The van der Waals surface area contributed by atoms with Crippen LogP contribution >= 0.6 is 11.3 Å². The van der Waals surface area contributed by atoms with Crippen LogP contribution < -0.4 is 16.6 Å². The van der Waals surface area contributed by atoms with Gasteiger partial charge in [-0.15, -0.1) is 11.3 Å². The zero-order valence-electron chi connectivity index (χ0n) is 9.85. The average Bonchev–Trinajstić information content (AvgIpc) is 3.06. The molecular weight excluding hydrogens is 250 g/mol. The lowest BCUT2D eigenvalue weighted by Crippen LogP contribution is -2.20. The Bertz CT molecular complexity index is 537. The number of aromatic nitrogens is 2. The van der Waals surface area contributed by atoms with E-state index in [4.69, 9.17) is 10.6 Å². The number of hydrazine groups is 1. The Kier molecular flexibility index (Phi) is 3.26. The number of nitrogens with zero attached hydrogens (tertiary/aromatic N) is 2. The average molecular weight is 265 g/mol. The van der Waals surface area contributed by atoms with Gasteiger partial charge in [-0.1, -0.05) is 0 Å². The summed E-state index contributed by atoms with van der Waals surface area (Å²) in [4.78, 5) is 9.56. The molecule has 6 nitrogen and oxygen atoms in total. The molecule has 0 bridgehead atoms. The summed E-state index contributed by atoms with van der Waals surface area (Å²) in [6.45, 7) is 1.63. The fourth-order valence-electron chi connectivity index (χ4n) is 2.07. The summed E-state index contributed by atoms with van der Waals surface area (Å²) in [6.07, 6.45) is 2.52. The third-order valence-corrected chi connectivity index (χ3v) is 3.78. The zero-order chi connectivity index (χ0) is 12.4. The van der Waals surface area contributed by atoms with Crippen LogP contribution in [0.5, 0.6) is 0 Å². The molecule has 0 spiro atoms. The molecule has 1 atom stereocenters. The van der Waals surface area contributed by atoms with Crippen LogP contribution in [0.2, 0.25) is 0 Å². The first-order valence-corrected chi connectivity index (χ1v) is 6.82. The van der Waals surface area contributed by atoms with E-state index in [1.807, 2.05) is 11.4 Å². The smallest absolute Gasteiger partial charge is 0.240 e. The first-order valence-electron chi connectivity index (χ1n) is 5.94. The molecule has 0 aliphatic carbocycles. The molecular formula is C11H15N5OS. The monoisotopic (exact) mass is 265 g/mol. The molecule has 2 aromatic heterocycles. The Morgan fingerprint density at radius 1 is 1.50 bits per heavy atom. The second-order valence-corrected chi connectivity index (χ2v) is 5.09. The van der Waals surface area contributed by atoms with Gasteiger partial charge in [0, 0.05) is 13.2 Å². The van der Waals surface area contributed by atoms with Crippen molar-refractivity contribution in [1.82, 2.24) is 9.97 Å². The predicted octanol–water partition coefficient (Wildman–Crippen LogP) is 1.57. The summed E-state index contributed by atoms with van der Waals surface area (Å²) < 4.78 is 5.58. The zero-order valence-corrected chi connectivity index (χ0v) is 10.7. The van der Waals surface area contributed by atoms with E-state index in [-0.39, 0.29) is 6.10 Å². The third-order valence-electron chi connectivity index (χ3n) is 2.98. The third kappa shape index (κ3) is 2.24. The van der Waals surface area contributed by atoms with Gasteiger partial charge in [-0.2, -0.15) is 4.98 Å². The van der Waals surface area contributed by atoms with E-state index in [9.17, 15) is 0 Å². The van der Waals surface area contributed by atoms with Crippen LogP contribution in [0.25, 0.3) is 10.2 Å². The van der Waals surface area contributed by atoms with E-state index < -0.39 is 0 Å². The molecule has 7 heteroatoms. The first kappa shape index (κ1) is 11.6. The fourth-order valence-corrected chi connectivity index (χ4v) is 2.83. The number of nitrogen functional groups attached to an aromatic ring is 1. The second kappa shape index (κ2) is 5.05. The molecule has 1 saturated heterocycles. The number of anilines is 2. The predicted molar refractivity (Wildman–Crippen MR) is 72.7 cm³/mol. The number of rotatable bonds is 4.